The summed E-state index contributed by atoms with van der Waals surface area (Å²) in [4.78, 5) is 16.3. The van der Waals surface area contributed by atoms with E-state index in [0.717, 1.165) is 22.9 Å². The molecule has 3 atom stereocenters. The SMILES string of the molecule is CCn1c(-c2ccc([C@]3(c4ccc(OCc5ccccn5)cc4)CC4CC[C@@H]3C4)cc2)noc1=O. The molecular weight excluding hydrogens is 438 g/mol. The normalized spacial score (nSPS) is 23.0. The van der Waals surface area contributed by atoms with Gasteiger partial charge in [-0.3, -0.25) is 14.1 Å². The first kappa shape index (κ1) is 21.8. The van der Waals surface area contributed by atoms with Gasteiger partial charge >= 0.3 is 5.76 Å². The van der Waals surface area contributed by atoms with Gasteiger partial charge in [-0.15, -0.1) is 0 Å². The molecule has 4 aromatic rings. The van der Waals surface area contributed by atoms with Crippen molar-refractivity contribution in [2.24, 2.45) is 11.8 Å². The third kappa shape index (κ3) is 3.77. The van der Waals surface area contributed by atoms with Crippen LogP contribution in [0.2, 0.25) is 0 Å². The second kappa shape index (κ2) is 8.84. The van der Waals surface area contributed by atoms with Crippen LogP contribution in [0.5, 0.6) is 5.75 Å². The monoisotopic (exact) mass is 467 g/mol. The van der Waals surface area contributed by atoms with E-state index in [1.54, 1.807) is 10.8 Å². The van der Waals surface area contributed by atoms with E-state index < -0.39 is 5.76 Å². The molecule has 2 aromatic heterocycles. The Morgan fingerprint density at radius 2 is 1.80 bits per heavy atom. The number of hydrogen-bond acceptors (Lipinski definition) is 5. The van der Waals surface area contributed by atoms with Crippen LogP contribution in [0, 0.1) is 11.8 Å². The van der Waals surface area contributed by atoms with Crippen LogP contribution in [0.1, 0.15) is 49.4 Å². The first-order valence-corrected chi connectivity index (χ1v) is 12.5. The number of rotatable bonds is 7. The minimum atomic E-state index is -0.415. The molecule has 178 valence electrons. The van der Waals surface area contributed by atoms with Crippen LogP contribution in [0.3, 0.4) is 0 Å². The summed E-state index contributed by atoms with van der Waals surface area (Å²) in [5.41, 5.74) is 4.52. The van der Waals surface area contributed by atoms with Crippen LogP contribution in [0.15, 0.2) is 82.2 Å². The zero-order valence-corrected chi connectivity index (χ0v) is 19.9. The fraction of sp³-hybridized carbons (Fsp3) is 0.345. The highest BCUT2D eigenvalue weighted by Crippen LogP contribution is 2.60. The van der Waals surface area contributed by atoms with Crippen molar-refractivity contribution in [3.05, 3.63) is 100 Å². The Morgan fingerprint density at radius 1 is 1.03 bits per heavy atom. The van der Waals surface area contributed by atoms with Crippen molar-refractivity contribution in [1.82, 2.24) is 14.7 Å². The lowest BCUT2D eigenvalue weighted by Crippen LogP contribution is -2.34. The van der Waals surface area contributed by atoms with Crippen molar-refractivity contribution >= 4 is 0 Å². The van der Waals surface area contributed by atoms with Crippen LogP contribution in [-0.2, 0) is 18.6 Å². The van der Waals surface area contributed by atoms with Crippen LogP contribution in [0.25, 0.3) is 11.4 Å². The Bertz CT molecular complexity index is 1360. The predicted molar refractivity (Wildman–Crippen MR) is 133 cm³/mol. The van der Waals surface area contributed by atoms with E-state index in [1.807, 2.05) is 25.1 Å². The van der Waals surface area contributed by atoms with Gasteiger partial charge in [0.25, 0.3) is 0 Å². The summed E-state index contributed by atoms with van der Waals surface area (Å²) in [6, 6.07) is 23.1. The van der Waals surface area contributed by atoms with E-state index in [4.69, 9.17) is 9.26 Å². The third-order valence-electron chi connectivity index (χ3n) is 7.99. The van der Waals surface area contributed by atoms with Gasteiger partial charge in [-0.1, -0.05) is 54.0 Å². The zero-order valence-electron chi connectivity index (χ0n) is 19.9. The van der Waals surface area contributed by atoms with Gasteiger partial charge in [-0.05, 0) is 73.4 Å². The molecule has 2 saturated carbocycles. The van der Waals surface area contributed by atoms with Crippen LogP contribution < -0.4 is 10.5 Å². The van der Waals surface area contributed by atoms with Crippen molar-refractivity contribution in [3.63, 3.8) is 0 Å². The molecule has 6 nitrogen and oxygen atoms in total. The molecule has 6 rings (SSSR count). The zero-order chi connectivity index (χ0) is 23.8. The molecule has 0 aliphatic heterocycles. The second-order valence-electron chi connectivity index (χ2n) is 9.78. The molecule has 0 saturated heterocycles. The summed E-state index contributed by atoms with van der Waals surface area (Å²) in [5.74, 6) is 2.44. The molecule has 0 spiro atoms. The van der Waals surface area contributed by atoms with Gasteiger partial charge in [0.15, 0.2) is 5.82 Å². The minimum absolute atomic E-state index is 0.00914. The Hall–Kier alpha value is -3.67. The summed E-state index contributed by atoms with van der Waals surface area (Å²) in [6.07, 6.45) is 6.85. The van der Waals surface area contributed by atoms with Gasteiger partial charge in [0.05, 0.1) is 5.69 Å². The first-order chi connectivity index (χ1) is 17.2. The van der Waals surface area contributed by atoms with E-state index in [9.17, 15) is 4.79 Å². The average Bonchev–Trinajstić information content (AvgIpc) is 3.63. The summed E-state index contributed by atoms with van der Waals surface area (Å²) >= 11 is 0. The van der Waals surface area contributed by atoms with E-state index >= 15 is 0 Å². The van der Waals surface area contributed by atoms with E-state index in [-0.39, 0.29) is 5.41 Å². The van der Waals surface area contributed by atoms with E-state index in [0.29, 0.717) is 24.9 Å². The van der Waals surface area contributed by atoms with Gasteiger partial charge < -0.3 is 4.74 Å². The summed E-state index contributed by atoms with van der Waals surface area (Å²) in [6.45, 7) is 2.91. The topological polar surface area (TPSA) is 70.2 Å². The van der Waals surface area contributed by atoms with E-state index in [1.165, 1.54) is 36.8 Å². The average molecular weight is 468 g/mol. The second-order valence-corrected chi connectivity index (χ2v) is 9.78. The highest BCUT2D eigenvalue weighted by atomic mass is 16.5. The largest absolute Gasteiger partial charge is 0.487 e. The van der Waals surface area contributed by atoms with Gasteiger partial charge in [0.2, 0.25) is 0 Å². The number of aromatic nitrogens is 3. The molecule has 2 aliphatic carbocycles. The number of ether oxygens (including phenoxy) is 1. The van der Waals surface area contributed by atoms with Crippen LogP contribution in [-0.4, -0.2) is 14.7 Å². The molecule has 0 amide bonds. The predicted octanol–water partition coefficient (Wildman–Crippen LogP) is 5.60. The maximum atomic E-state index is 11.9. The molecule has 2 aromatic carbocycles. The van der Waals surface area contributed by atoms with Gasteiger partial charge in [-0.25, -0.2) is 4.79 Å². The Labute approximate surface area is 204 Å². The molecule has 2 heterocycles. The van der Waals surface area contributed by atoms with Crippen molar-refractivity contribution in [2.45, 2.75) is 51.2 Å². The smallest absolute Gasteiger partial charge is 0.441 e. The third-order valence-corrected chi connectivity index (χ3v) is 7.99. The lowest BCUT2D eigenvalue weighted by Gasteiger charge is -2.39. The number of pyridine rings is 1. The lowest BCUT2D eigenvalue weighted by atomic mass is 9.64. The first-order valence-electron chi connectivity index (χ1n) is 12.5. The fourth-order valence-corrected chi connectivity index (χ4v) is 6.36. The molecular formula is C29H29N3O3. The summed E-state index contributed by atoms with van der Waals surface area (Å²) < 4.78 is 12.5. The molecule has 2 aliphatic rings. The Morgan fingerprint density at radius 3 is 2.43 bits per heavy atom. The molecule has 1 unspecified atom stereocenters. The maximum Gasteiger partial charge on any atom is 0.441 e. The van der Waals surface area contributed by atoms with Crippen molar-refractivity contribution in [1.29, 1.82) is 0 Å². The Balaban J connectivity index is 1.30. The summed E-state index contributed by atoms with van der Waals surface area (Å²) in [7, 11) is 0. The molecule has 6 heteroatoms. The quantitative estimate of drug-likeness (QED) is 0.354. The minimum Gasteiger partial charge on any atom is -0.487 e. The maximum absolute atomic E-state index is 11.9. The number of nitrogens with zero attached hydrogens (tertiary/aromatic N) is 3. The Kier molecular flexibility index (Phi) is 5.51. The number of hydrogen-bond donors (Lipinski definition) is 0. The molecule has 35 heavy (non-hydrogen) atoms. The van der Waals surface area contributed by atoms with Crippen molar-refractivity contribution in [3.8, 4) is 17.1 Å². The summed E-state index contributed by atoms with van der Waals surface area (Å²) in [5, 5.41) is 4.00. The standard InChI is InChI=1S/C29H29N3O3/c1-2-32-27(31-35-28(32)33)21-7-10-22(11-8-21)29(18-20-6-9-24(29)17-20)23-12-14-26(15-13-23)34-19-25-5-3-4-16-30-25/h3-5,7-8,10-16,20,24H,2,6,9,17-19H2,1H3/t20?,24-,29+/m1/s1. The van der Waals surface area contributed by atoms with Crippen LogP contribution in [0.4, 0.5) is 0 Å². The molecule has 0 radical (unpaired) electrons. The highest BCUT2D eigenvalue weighted by molar-refractivity contribution is 5.57. The van der Waals surface area contributed by atoms with E-state index in [2.05, 4.69) is 58.7 Å². The number of fused-ring (bicyclic) bond motifs is 2. The van der Waals surface area contributed by atoms with Gasteiger partial charge in [0.1, 0.15) is 12.4 Å². The number of benzene rings is 2. The molecule has 2 bridgehead atoms. The van der Waals surface area contributed by atoms with Gasteiger partial charge in [-0.2, -0.15) is 0 Å². The lowest BCUT2D eigenvalue weighted by molar-refractivity contribution is 0.299. The van der Waals surface area contributed by atoms with Gasteiger partial charge in [0, 0.05) is 23.7 Å². The fourth-order valence-electron chi connectivity index (χ4n) is 6.36. The highest BCUT2D eigenvalue weighted by Gasteiger charge is 2.52. The molecule has 0 N–H and O–H groups in total. The van der Waals surface area contributed by atoms with Crippen molar-refractivity contribution < 1.29 is 9.26 Å². The van der Waals surface area contributed by atoms with Crippen molar-refractivity contribution in [2.75, 3.05) is 0 Å². The van der Waals surface area contributed by atoms with Crippen LogP contribution >= 0.6 is 0 Å². The molecule has 2 fully saturated rings.